The highest BCUT2D eigenvalue weighted by Gasteiger charge is 2.54. The maximum Gasteiger partial charge on any atom is 0.253 e. The number of aromatic amines is 1. The first-order chi connectivity index (χ1) is 21.5. The van der Waals surface area contributed by atoms with Gasteiger partial charge in [-0.05, 0) is 91.5 Å². The monoisotopic (exact) mass is 608 g/mol. The van der Waals surface area contributed by atoms with Crippen LogP contribution in [0, 0.1) is 17.2 Å². The molecule has 3 aliphatic rings. The van der Waals surface area contributed by atoms with Crippen LogP contribution in [0.5, 0.6) is 0 Å². The van der Waals surface area contributed by atoms with Crippen LogP contribution in [0.15, 0.2) is 42.7 Å². The summed E-state index contributed by atoms with van der Waals surface area (Å²) in [6.07, 6.45) is 5.17. The summed E-state index contributed by atoms with van der Waals surface area (Å²) in [6, 6.07) is 13.7. The van der Waals surface area contributed by atoms with Gasteiger partial charge in [-0.2, -0.15) is 5.26 Å². The van der Waals surface area contributed by atoms with Gasteiger partial charge in [0.2, 0.25) is 5.91 Å². The fourth-order valence-corrected chi connectivity index (χ4v) is 7.43. The highest BCUT2D eigenvalue weighted by Crippen LogP contribution is 2.48. The lowest BCUT2D eigenvalue weighted by molar-refractivity contribution is -0.131. The molecular formula is C34H40N8O3. The number of hydrogen-bond acceptors (Lipinski definition) is 7. The summed E-state index contributed by atoms with van der Waals surface area (Å²) in [6.45, 7) is 2.18. The number of aryl methyl sites for hydroxylation is 2. The van der Waals surface area contributed by atoms with E-state index in [2.05, 4.69) is 33.5 Å². The quantitative estimate of drug-likeness (QED) is 0.401. The number of nitriles is 1. The van der Waals surface area contributed by atoms with E-state index in [0.29, 0.717) is 42.1 Å². The molecule has 1 aliphatic heterocycles. The van der Waals surface area contributed by atoms with E-state index in [4.69, 9.17) is 0 Å². The Bertz CT molecular complexity index is 1600. The molecule has 0 radical (unpaired) electrons. The van der Waals surface area contributed by atoms with Gasteiger partial charge in [-0.15, -0.1) is 10.2 Å². The zero-order chi connectivity index (χ0) is 32.0. The number of benzene rings is 2. The molecule has 2 aliphatic carbocycles. The molecule has 4 atom stereocenters. The minimum Gasteiger partial charge on any atom is -0.345 e. The summed E-state index contributed by atoms with van der Waals surface area (Å²) >= 11 is 0. The van der Waals surface area contributed by atoms with Crippen LogP contribution in [-0.4, -0.2) is 100 Å². The number of carbonyl (C=O) groups excluding carboxylic acids is 3. The lowest BCUT2D eigenvalue weighted by Crippen LogP contribution is -2.46. The fourth-order valence-electron chi connectivity index (χ4n) is 7.43. The summed E-state index contributed by atoms with van der Waals surface area (Å²) in [5.41, 5.74) is 4.44. The molecule has 45 heavy (non-hydrogen) atoms. The van der Waals surface area contributed by atoms with Gasteiger partial charge in [-0.25, -0.2) is 0 Å². The van der Waals surface area contributed by atoms with E-state index in [9.17, 15) is 19.6 Å². The number of nitrogens with one attached hydrogen (secondary N) is 2. The molecular weight excluding hydrogens is 568 g/mol. The van der Waals surface area contributed by atoms with Gasteiger partial charge in [0.25, 0.3) is 11.8 Å². The number of rotatable bonds is 8. The highest BCUT2D eigenvalue weighted by molar-refractivity contribution is 5.95. The first-order valence-corrected chi connectivity index (χ1v) is 15.6. The number of H-pyrrole nitrogens is 1. The number of piperidine rings is 1. The second-order valence-corrected chi connectivity index (χ2v) is 13.1. The summed E-state index contributed by atoms with van der Waals surface area (Å²) in [5, 5.41) is 21.8. The van der Waals surface area contributed by atoms with Crippen molar-refractivity contribution in [3.8, 4) is 6.07 Å². The predicted molar refractivity (Wildman–Crippen MR) is 167 cm³/mol. The van der Waals surface area contributed by atoms with E-state index in [-0.39, 0.29) is 42.4 Å². The van der Waals surface area contributed by atoms with Crippen molar-refractivity contribution < 1.29 is 14.4 Å². The topological polar surface area (TPSA) is 138 Å². The van der Waals surface area contributed by atoms with Gasteiger partial charge in [0.05, 0.1) is 18.0 Å². The Morgan fingerprint density at radius 2 is 1.62 bits per heavy atom. The molecule has 0 bridgehead atoms. The van der Waals surface area contributed by atoms with Crippen molar-refractivity contribution in [1.82, 2.24) is 35.2 Å². The molecule has 11 nitrogen and oxygen atoms in total. The highest BCUT2D eigenvalue weighted by atomic mass is 16.2. The van der Waals surface area contributed by atoms with Crippen LogP contribution in [0.2, 0.25) is 0 Å². The number of likely N-dealkylation sites (tertiary alicyclic amines) is 1. The van der Waals surface area contributed by atoms with E-state index in [1.54, 1.807) is 49.2 Å². The molecule has 1 saturated carbocycles. The SMILES string of the molecule is C[C@H](CC1(c2nnc[nH]2)c2ccc(C(=O)N(C)C)cc2CCc2cc(C(=O)N(C)C)ccc21)NCC(=O)N1C(C#N)C[C@@H]2C[C@@H]21. The van der Waals surface area contributed by atoms with Crippen LogP contribution in [0.25, 0.3) is 0 Å². The van der Waals surface area contributed by atoms with Gasteiger partial charge in [0, 0.05) is 51.4 Å². The number of fused-ring (bicyclic) bond motifs is 3. The summed E-state index contributed by atoms with van der Waals surface area (Å²) in [4.78, 5) is 47.6. The van der Waals surface area contributed by atoms with E-state index in [1.807, 2.05) is 36.4 Å². The van der Waals surface area contributed by atoms with Crippen molar-refractivity contribution in [2.45, 2.75) is 62.6 Å². The average Bonchev–Trinajstić information content (AvgIpc) is 3.42. The van der Waals surface area contributed by atoms with E-state index < -0.39 is 5.41 Å². The third kappa shape index (κ3) is 5.37. The minimum atomic E-state index is -0.822. The molecule has 0 spiro atoms. The average molecular weight is 609 g/mol. The van der Waals surface area contributed by atoms with Gasteiger partial charge >= 0.3 is 0 Å². The summed E-state index contributed by atoms with van der Waals surface area (Å²) < 4.78 is 0. The molecule has 2 heterocycles. The Balaban J connectivity index is 1.42. The standard InChI is InChI=1S/C34H40N8O3/c1-20(36-18-30(43)42-26(17-35)14-25-15-29(25)42)16-34(33-37-19-38-39-33)27-10-8-23(31(44)40(2)3)12-21(27)6-7-22-13-24(9-11-28(22)34)32(45)41(4)5/h8-13,19-20,25-26,29,36H,6-7,14-16,18H2,1-5H3,(H,37,38,39)/t20-,25-,26?,29+/m1/s1. The minimum absolute atomic E-state index is 0.0486. The van der Waals surface area contributed by atoms with Gasteiger partial charge < -0.3 is 25.0 Å². The Morgan fingerprint density at radius 1 is 1.02 bits per heavy atom. The maximum absolute atomic E-state index is 13.3. The van der Waals surface area contributed by atoms with E-state index in [0.717, 1.165) is 35.1 Å². The Labute approximate surface area is 263 Å². The van der Waals surface area contributed by atoms with Crippen LogP contribution in [-0.2, 0) is 23.1 Å². The zero-order valence-corrected chi connectivity index (χ0v) is 26.5. The molecule has 2 fully saturated rings. The normalized spacial score (nSPS) is 21.4. The van der Waals surface area contributed by atoms with Gasteiger partial charge in [-0.3, -0.25) is 14.4 Å². The molecule has 1 aromatic heterocycles. The Kier molecular flexibility index (Phi) is 7.95. The first-order valence-electron chi connectivity index (χ1n) is 15.6. The molecule has 6 rings (SSSR count). The number of aromatic nitrogens is 3. The van der Waals surface area contributed by atoms with Crippen LogP contribution < -0.4 is 5.32 Å². The van der Waals surface area contributed by atoms with Crippen LogP contribution in [0.3, 0.4) is 0 Å². The van der Waals surface area contributed by atoms with Gasteiger partial charge in [0.15, 0.2) is 0 Å². The molecule has 2 aromatic carbocycles. The zero-order valence-electron chi connectivity index (χ0n) is 26.5. The van der Waals surface area contributed by atoms with Crippen molar-refractivity contribution in [3.05, 3.63) is 81.9 Å². The second-order valence-electron chi connectivity index (χ2n) is 13.1. The predicted octanol–water partition coefficient (Wildman–Crippen LogP) is 2.52. The molecule has 3 aromatic rings. The number of nitrogens with zero attached hydrogens (tertiary/aromatic N) is 6. The molecule has 1 saturated heterocycles. The van der Waals surface area contributed by atoms with Gasteiger partial charge in [-0.1, -0.05) is 12.1 Å². The first kappa shape index (κ1) is 30.5. The van der Waals surface area contributed by atoms with Crippen LogP contribution in [0.1, 0.15) is 75.0 Å². The molecule has 1 unspecified atom stereocenters. The van der Waals surface area contributed by atoms with Gasteiger partial charge in [0.1, 0.15) is 18.2 Å². The summed E-state index contributed by atoms with van der Waals surface area (Å²) in [5.74, 6) is 0.904. The number of amides is 3. The number of carbonyl (C=O) groups is 3. The lowest BCUT2D eigenvalue weighted by Gasteiger charge is -2.37. The molecule has 11 heteroatoms. The summed E-state index contributed by atoms with van der Waals surface area (Å²) in [7, 11) is 6.96. The van der Waals surface area contributed by atoms with Crippen molar-refractivity contribution in [1.29, 1.82) is 5.26 Å². The van der Waals surface area contributed by atoms with Crippen LogP contribution >= 0.6 is 0 Å². The maximum atomic E-state index is 13.3. The Hall–Kier alpha value is -4.56. The van der Waals surface area contributed by atoms with Crippen molar-refractivity contribution >= 4 is 17.7 Å². The second kappa shape index (κ2) is 11.7. The molecule has 3 amide bonds. The van der Waals surface area contributed by atoms with Crippen molar-refractivity contribution in [2.75, 3.05) is 34.7 Å². The third-order valence-electron chi connectivity index (χ3n) is 9.68. The Morgan fingerprint density at radius 3 is 2.13 bits per heavy atom. The molecule has 2 N–H and O–H groups in total. The number of hydrogen-bond donors (Lipinski definition) is 2. The largest absolute Gasteiger partial charge is 0.345 e. The van der Waals surface area contributed by atoms with E-state index in [1.165, 1.54) is 0 Å². The lowest BCUT2D eigenvalue weighted by atomic mass is 9.67. The molecule has 234 valence electrons. The van der Waals surface area contributed by atoms with Crippen LogP contribution in [0.4, 0.5) is 0 Å². The smallest absolute Gasteiger partial charge is 0.253 e. The third-order valence-corrected chi connectivity index (χ3v) is 9.68. The van der Waals surface area contributed by atoms with Crippen molar-refractivity contribution in [3.63, 3.8) is 0 Å². The fraction of sp³-hybridized carbons (Fsp3) is 0.471. The van der Waals surface area contributed by atoms with E-state index >= 15 is 0 Å². The van der Waals surface area contributed by atoms with Crippen molar-refractivity contribution in [2.24, 2.45) is 5.92 Å².